The van der Waals surface area contributed by atoms with Crippen molar-refractivity contribution < 1.29 is 48.5 Å². The number of carboxylic acids is 2. The van der Waals surface area contributed by atoms with E-state index in [0.29, 0.717) is 31.2 Å². The van der Waals surface area contributed by atoms with Gasteiger partial charge in [-0.05, 0) is 104 Å². The summed E-state index contributed by atoms with van der Waals surface area (Å²) in [5.74, 6) is -4.43. The van der Waals surface area contributed by atoms with Gasteiger partial charge < -0.3 is 29.3 Å². The summed E-state index contributed by atoms with van der Waals surface area (Å²) in [6.45, 7) is 16.3. The second kappa shape index (κ2) is 14.0. The molecule has 0 aliphatic carbocycles. The number of rotatable bonds is 12. The molecule has 3 rings (SSSR count). The van der Waals surface area contributed by atoms with E-state index in [0.717, 1.165) is 5.56 Å². The van der Waals surface area contributed by atoms with Crippen LogP contribution >= 0.6 is 0 Å². The summed E-state index contributed by atoms with van der Waals surface area (Å²) in [5.41, 5.74) is -1.88. The van der Waals surface area contributed by atoms with E-state index >= 15 is 0 Å². The topological polar surface area (TPSA) is 158 Å². The number of carbonyl (C=O) groups is 4. The molecule has 0 atom stereocenters. The molecule has 0 radical (unpaired) electrons. The molecule has 0 unspecified atom stereocenters. The highest BCUT2D eigenvalue weighted by Crippen LogP contribution is 2.52. The first-order valence-electron chi connectivity index (χ1n) is 15.8. The van der Waals surface area contributed by atoms with E-state index in [1.165, 1.54) is 20.3 Å². The Kier molecular flexibility index (Phi) is 11.4. The van der Waals surface area contributed by atoms with Gasteiger partial charge in [-0.3, -0.25) is 19.3 Å². The SMILES string of the molecule is COC(=O)CCON1C(C)(C)CC(c2ccc(C(=O)[O-])c(C(=O)[O-])c2C2CC(C)(C)N(OCCC(=O)OC)C(C)(C)C2)CC1(C)C. The van der Waals surface area contributed by atoms with Crippen molar-refractivity contribution in [3.63, 3.8) is 0 Å². The molecule has 1 aromatic rings. The molecule has 0 bridgehead atoms. The highest BCUT2D eigenvalue weighted by Gasteiger charge is 2.50. The fraction of sp³-hybridized carbons (Fsp3) is 0.706. The summed E-state index contributed by atoms with van der Waals surface area (Å²) in [6, 6.07) is 3.05. The minimum absolute atomic E-state index is 0.0753. The molecule has 0 aromatic heterocycles. The zero-order chi connectivity index (χ0) is 34.8. The second-order valence-electron chi connectivity index (χ2n) is 14.9. The number of ether oxygens (including phenoxy) is 2. The molecule has 2 saturated heterocycles. The number of esters is 2. The van der Waals surface area contributed by atoms with Crippen molar-refractivity contribution >= 4 is 23.9 Å². The van der Waals surface area contributed by atoms with Crippen molar-refractivity contribution in [3.05, 3.63) is 34.4 Å². The number of hydroxylamine groups is 4. The smallest absolute Gasteiger partial charge is 0.307 e. The number of carbonyl (C=O) groups excluding carboxylic acids is 4. The van der Waals surface area contributed by atoms with Crippen molar-refractivity contribution in [1.29, 1.82) is 0 Å². The van der Waals surface area contributed by atoms with Gasteiger partial charge in [0.2, 0.25) is 0 Å². The van der Waals surface area contributed by atoms with Crippen molar-refractivity contribution in [1.82, 2.24) is 10.1 Å². The minimum Gasteiger partial charge on any atom is -0.545 e. The zero-order valence-corrected chi connectivity index (χ0v) is 28.9. The standard InChI is InChI=1S/C34H52N2O10/c1-31(2)17-21(18-32(3,4)35(31)45-15-13-25(37)43-9)23-11-12-24(29(39)40)28(30(41)42)27(23)22-19-33(5,6)36(34(7,8)20-22)46-16-14-26(38)44-10/h11-12,21-22H,13-20H2,1-10H3,(H,39,40)(H,41,42)/p-2. The van der Waals surface area contributed by atoms with Gasteiger partial charge in [-0.25, -0.2) is 0 Å². The maximum atomic E-state index is 12.8. The van der Waals surface area contributed by atoms with Crippen LogP contribution in [0.15, 0.2) is 12.1 Å². The van der Waals surface area contributed by atoms with Gasteiger partial charge in [0.05, 0.1) is 52.2 Å². The van der Waals surface area contributed by atoms with Crippen LogP contribution in [0.2, 0.25) is 0 Å². The predicted molar refractivity (Wildman–Crippen MR) is 164 cm³/mol. The van der Waals surface area contributed by atoms with Gasteiger partial charge >= 0.3 is 11.9 Å². The number of methoxy groups -OCH3 is 2. The Labute approximate surface area is 272 Å². The third kappa shape index (κ3) is 8.07. The first kappa shape index (κ1) is 37.4. The number of nitrogens with zero attached hydrogens (tertiary/aromatic N) is 2. The molecule has 12 nitrogen and oxygen atoms in total. The van der Waals surface area contributed by atoms with Crippen LogP contribution in [-0.4, -0.2) is 83.6 Å². The predicted octanol–water partition coefficient (Wildman–Crippen LogP) is 2.88. The lowest BCUT2D eigenvalue weighted by Gasteiger charge is -2.56. The fourth-order valence-electron chi connectivity index (χ4n) is 8.12. The zero-order valence-electron chi connectivity index (χ0n) is 28.9. The molecule has 0 saturated carbocycles. The Morgan fingerprint density at radius 2 is 1.07 bits per heavy atom. The Balaban J connectivity index is 2.08. The molecule has 258 valence electrons. The molecule has 1 aromatic carbocycles. The molecule has 12 heteroatoms. The molecule has 0 spiro atoms. The lowest BCUT2D eigenvalue weighted by Crippen LogP contribution is -2.60. The fourth-order valence-corrected chi connectivity index (χ4v) is 8.12. The van der Waals surface area contributed by atoms with Crippen LogP contribution < -0.4 is 10.2 Å². The number of piperidine rings is 2. The van der Waals surface area contributed by atoms with E-state index in [-0.39, 0.29) is 49.4 Å². The summed E-state index contributed by atoms with van der Waals surface area (Å²) in [6.07, 6.45) is 2.21. The normalized spacial score (nSPS) is 21.4. The lowest BCUT2D eigenvalue weighted by atomic mass is 9.66. The Morgan fingerprint density at radius 3 is 1.41 bits per heavy atom. The molecule has 2 heterocycles. The number of benzene rings is 1. The average Bonchev–Trinajstić information content (AvgIpc) is 2.93. The van der Waals surface area contributed by atoms with Crippen molar-refractivity contribution in [2.24, 2.45) is 0 Å². The minimum atomic E-state index is -1.58. The van der Waals surface area contributed by atoms with E-state index in [2.05, 4.69) is 0 Å². The third-order valence-corrected chi connectivity index (χ3v) is 9.24. The van der Waals surface area contributed by atoms with Gasteiger partial charge in [0.15, 0.2) is 0 Å². The highest BCUT2D eigenvalue weighted by atomic mass is 16.7. The van der Waals surface area contributed by atoms with E-state index in [1.807, 2.05) is 65.5 Å². The van der Waals surface area contributed by atoms with Crippen molar-refractivity contribution in [2.75, 3.05) is 27.4 Å². The molecule has 46 heavy (non-hydrogen) atoms. The van der Waals surface area contributed by atoms with Gasteiger partial charge in [0.1, 0.15) is 0 Å². The number of hydrogen-bond acceptors (Lipinski definition) is 12. The quantitative estimate of drug-likeness (QED) is 0.306. The molecule has 0 amide bonds. The van der Waals surface area contributed by atoms with Crippen LogP contribution in [-0.2, 0) is 28.7 Å². The second-order valence-corrected chi connectivity index (χ2v) is 14.9. The third-order valence-electron chi connectivity index (χ3n) is 9.24. The van der Waals surface area contributed by atoms with E-state index in [1.54, 1.807) is 6.07 Å². The van der Waals surface area contributed by atoms with Crippen LogP contribution in [0.4, 0.5) is 0 Å². The Morgan fingerprint density at radius 1 is 0.674 bits per heavy atom. The summed E-state index contributed by atoms with van der Waals surface area (Å²) >= 11 is 0. The van der Waals surface area contributed by atoms with E-state index < -0.39 is 45.6 Å². The van der Waals surface area contributed by atoms with Gasteiger partial charge in [-0.1, -0.05) is 12.1 Å². The molecular weight excluding hydrogens is 596 g/mol. The molecule has 0 N–H and O–H groups in total. The summed E-state index contributed by atoms with van der Waals surface area (Å²) in [5, 5.41) is 28.8. The first-order chi connectivity index (χ1) is 21.2. The monoisotopic (exact) mass is 646 g/mol. The van der Waals surface area contributed by atoms with Crippen LogP contribution in [0, 0.1) is 0 Å². The summed E-state index contributed by atoms with van der Waals surface area (Å²) in [4.78, 5) is 60.8. The molecule has 2 fully saturated rings. The molecular formula is C34H50N2O10-2. The largest absolute Gasteiger partial charge is 0.545 e. The van der Waals surface area contributed by atoms with Crippen molar-refractivity contribution in [2.45, 2.75) is 128 Å². The highest BCUT2D eigenvalue weighted by molar-refractivity contribution is 6.01. The van der Waals surface area contributed by atoms with Gasteiger partial charge in [-0.15, -0.1) is 0 Å². The number of aromatic carboxylic acids is 2. The van der Waals surface area contributed by atoms with Gasteiger partial charge in [0.25, 0.3) is 0 Å². The molecule has 2 aliphatic heterocycles. The Bertz CT molecular complexity index is 1280. The van der Waals surface area contributed by atoms with E-state index in [4.69, 9.17) is 19.1 Å². The van der Waals surface area contributed by atoms with Crippen LogP contribution in [0.5, 0.6) is 0 Å². The first-order valence-corrected chi connectivity index (χ1v) is 15.8. The van der Waals surface area contributed by atoms with Crippen molar-refractivity contribution in [3.8, 4) is 0 Å². The number of carboxylic acid groups (broad SMARTS) is 2. The summed E-state index contributed by atoms with van der Waals surface area (Å²) < 4.78 is 9.49. The molecule has 2 aliphatic rings. The lowest BCUT2D eigenvalue weighted by molar-refractivity contribution is -0.284. The van der Waals surface area contributed by atoms with Crippen LogP contribution in [0.3, 0.4) is 0 Å². The summed E-state index contributed by atoms with van der Waals surface area (Å²) in [7, 11) is 2.65. The maximum Gasteiger partial charge on any atom is 0.307 e. The van der Waals surface area contributed by atoms with E-state index in [9.17, 15) is 29.4 Å². The van der Waals surface area contributed by atoms with Crippen LogP contribution in [0.1, 0.15) is 138 Å². The van der Waals surface area contributed by atoms with Gasteiger partial charge in [0, 0.05) is 33.3 Å². The maximum absolute atomic E-state index is 12.8. The number of hydrogen-bond donors (Lipinski definition) is 0. The van der Waals surface area contributed by atoms with Gasteiger partial charge in [-0.2, -0.15) is 10.1 Å². The van der Waals surface area contributed by atoms with Crippen LogP contribution in [0.25, 0.3) is 0 Å². The Hall–Kier alpha value is -3.06. The average molecular weight is 647 g/mol.